The maximum absolute atomic E-state index is 9.00. The van der Waals surface area contributed by atoms with Gasteiger partial charge < -0.3 is 5.11 Å². The first-order valence-corrected chi connectivity index (χ1v) is 2.27. The fourth-order valence-corrected chi connectivity index (χ4v) is 0. The molecule has 0 amide bonds. The Hall–Kier alpha value is 0.130. The van der Waals surface area contributed by atoms with Crippen LogP contribution in [0.2, 0.25) is 0 Å². The predicted molar refractivity (Wildman–Crippen MR) is 34.4 cm³/mol. The Balaban J connectivity index is 0. The van der Waals surface area contributed by atoms with Crippen molar-refractivity contribution >= 4 is 31.6 Å². The van der Waals surface area contributed by atoms with E-state index in [4.69, 9.17) is 9.90 Å². The van der Waals surface area contributed by atoms with Gasteiger partial charge in [-0.2, -0.15) is 0 Å². The Labute approximate surface area is 53.2 Å². The molecule has 0 aliphatic carbocycles. The van der Waals surface area contributed by atoms with Crippen LogP contribution in [0.1, 0.15) is 6.92 Å². The van der Waals surface area contributed by atoms with E-state index in [0.717, 1.165) is 6.92 Å². The lowest BCUT2D eigenvalue weighted by Crippen LogP contribution is -1.78. The molecular weight excluding hydrogens is 134 g/mol. The summed E-state index contributed by atoms with van der Waals surface area (Å²) in [6.07, 6.45) is 0. The molecular formula is C2H7NO2S2. The van der Waals surface area contributed by atoms with Crippen LogP contribution in [0.15, 0.2) is 0 Å². The highest BCUT2D eigenvalue weighted by Crippen LogP contribution is 1.54. The second-order valence-electron chi connectivity index (χ2n) is 0.619. The first-order chi connectivity index (χ1) is 3.15. The zero-order valence-electron chi connectivity index (χ0n) is 3.75. The summed E-state index contributed by atoms with van der Waals surface area (Å²) in [6.45, 7) is 1.08. The Kier molecular flexibility index (Phi) is 13.8. The summed E-state index contributed by atoms with van der Waals surface area (Å²) in [5, 5.41) is 7.42. The van der Waals surface area contributed by atoms with Crippen LogP contribution < -0.4 is 4.13 Å². The number of aliphatic carboxylic acids is 1. The summed E-state index contributed by atoms with van der Waals surface area (Å²) >= 11 is 6.81. The topological polar surface area (TPSA) is 49.3 Å². The smallest absolute Gasteiger partial charge is 0.300 e. The van der Waals surface area contributed by atoms with Gasteiger partial charge >= 0.3 is 0 Å². The number of carboxylic acid groups (broad SMARTS) is 1. The molecule has 0 rings (SSSR count). The van der Waals surface area contributed by atoms with Crippen LogP contribution in [0.5, 0.6) is 0 Å². The van der Waals surface area contributed by atoms with Crippen molar-refractivity contribution in [1.29, 1.82) is 0 Å². The van der Waals surface area contributed by atoms with Crippen LogP contribution in [-0.2, 0) is 4.79 Å². The molecule has 3 nitrogen and oxygen atoms in total. The van der Waals surface area contributed by atoms with Crippen molar-refractivity contribution in [2.24, 2.45) is 0 Å². The average Bonchev–Trinajstić information content (AvgIpc) is 1.33. The van der Waals surface area contributed by atoms with E-state index in [1.54, 1.807) is 0 Å². The van der Waals surface area contributed by atoms with Gasteiger partial charge in [0.25, 0.3) is 5.97 Å². The molecule has 5 heteroatoms. The van der Waals surface area contributed by atoms with Crippen molar-refractivity contribution in [3.05, 3.63) is 0 Å². The predicted octanol–water partition coefficient (Wildman–Crippen LogP) is 0.356. The molecule has 0 saturated heterocycles. The maximum atomic E-state index is 9.00. The third-order valence-electron chi connectivity index (χ3n) is 0. The molecule has 0 aromatic carbocycles. The molecule has 0 aromatic heterocycles. The molecule has 2 N–H and O–H groups in total. The summed E-state index contributed by atoms with van der Waals surface area (Å²) in [5.41, 5.74) is 0. The van der Waals surface area contributed by atoms with Gasteiger partial charge in [0.2, 0.25) is 0 Å². The van der Waals surface area contributed by atoms with Gasteiger partial charge in [-0.25, -0.2) is 4.13 Å². The first kappa shape index (κ1) is 10.2. The third kappa shape index (κ3) is 6190. The summed E-state index contributed by atoms with van der Waals surface area (Å²) in [5.74, 6) is -0.833. The van der Waals surface area contributed by atoms with E-state index in [2.05, 4.69) is 29.8 Å². The lowest BCUT2D eigenvalue weighted by molar-refractivity contribution is -0.134. The number of rotatable bonds is 0. The van der Waals surface area contributed by atoms with Crippen molar-refractivity contribution in [3.8, 4) is 0 Å². The van der Waals surface area contributed by atoms with E-state index in [0.29, 0.717) is 0 Å². The molecule has 44 valence electrons. The largest absolute Gasteiger partial charge is 0.481 e. The molecule has 0 aliphatic heterocycles. The molecule has 0 aromatic rings. The average molecular weight is 141 g/mol. The van der Waals surface area contributed by atoms with Gasteiger partial charge in [-0.1, -0.05) is 25.6 Å². The van der Waals surface area contributed by atoms with E-state index in [1.165, 1.54) is 0 Å². The molecule has 7 heavy (non-hydrogen) atoms. The van der Waals surface area contributed by atoms with Crippen molar-refractivity contribution in [3.63, 3.8) is 0 Å². The standard InChI is InChI=1S/C2H4O2.H3NS2/c1-2(3)4;2-1-3/h1H3,(H,3,4);1-3H. The Bertz CT molecular complexity index is 45.0. The van der Waals surface area contributed by atoms with Gasteiger partial charge in [-0.15, -0.1) is 0 Å². The maximum Gasteiger partial charge on any atom is 0.300 e. The number of thiol groups is 2. The van der Waals surface area contributed by atoms with E-state index in [9.17, 15) is 0 Å². The lowest BCUT2D eigenvalue weighted by Gasteiger charge is -1.59. The Morgan fingerprint density at radius 1 is 1.71 bits per heavy atom. The highest BCUT2D eigenvalue weighted by molar-refractivity contribution is 7.94. The number of hydrogen-bond acceptors (Lipinski definition) is 4. The molecule has 0 radical (unpaired) electrons. The van der Waals surface area contributed by atoms with Crippen LogP contribution >= 0.6 is 25.6 Å². The van der Waals surface area contributed by atoms with Gasteiger partial charge in [0.05, 0.1) is 0 Å². The number of hydrogen-bond donors (Lipinski definition) is 4. The third-order valence-corrected chi connectivity index (χ3v) is 0. The van der Waals surface area contributed by atoms with Crippen LogP contribution in [0.25, 0.3) is 0 Å². The normalized spacial score (nSPS) is 6.14. The lowest BCUT2D eigenvalue weighted by atomic mass is 10.9. The quantitative estimate of drug-likeness (QED) is 0.368. The van der Waals surface area contributed by atoms with Gasteiger partial charge in [-0.3, -0.25) is 4.79 Å². The monoisotopic (exact) mass is 141 g/mol. The summed E-state index contributed by atoms with van der Waals surface area (Å²) in [6, 6.07) is 0. The van der Waals surface area contributed by atoms with Crippen molar-refractivity contribution in [1.82, 2.24) is 4.13 Å². The SMILES string of the molecule is CC(=O)O.SNS. The van der Waals surface area contributed by atoms with Gasteiger partial charge in [0.1, 0.15) is 0 Å². The molecule has 0 fully saturated rings. The van der Waals surface area contributed by atoms with E-state index in [1.807, 2.05) is 0 Å². The molecule has 0 spiro atoms. The van der Waals surface area contributed by atoms with Crippen LogP contribution in [0.4, 0.5) is 0 Å². The number of carbonyl (C=O) groups is 1. The summed E-state index contributed by atoms with van der Waals surface area (Å²) in [7, 11) is 0. The molecule has 0 heterocycles. The van der Waals surface area contributed by atoms with Crippen LogP contribution in [0.3, 0.4) is 0 Å². The highest BCUT2D eigenvalue weighted by Gasteiger charge is 1.65. The minimum absolute atomic E-state index is 0.833. The van der Waals surface area contributed by atoms with Crippen molar-refractivity contribution < 1.29 is 9.90 Å². The highest BCUT2D eigenvalue weighted by atomic mass is 32.2. The summed E-state index contributed by atoms with van der Waals surface area (Å²) < 4.78 is 2.14. The minimum Gasteiger partial charge on any atom is -0.481 e. The molecule has 0 bridgehead atoms. The zero-order valence-corrected chi connectivity index (χ0v) is 5.54. The van der Waals surface area contributed by atoms with Gasteiger partial charge in [-0.05, 0) is 0 Å². The fraction of sp³-hybridized carbons (Fsp3) is 0.500. The van der Waals surface area contributed by atoms with E-state index < -0.39 is 5.97 Å². The Morgan fingerprint density at radius 2 is 1.71 bits per heavy atom. The molecule has 0 saturated carbocycles. The number of carboxylic acids is 1. The molecule has 0 unspecified atom stereocenters. The van der Waals surface area contributed by atoms with Crippen molar-refractivity contribution in [2.45, 2.75) is 6.92 Å². The van der Waals surface area contributed by atoms with Gasteiger partial charge in [0.15, 0.2) is 0 Å². The molecule has 0 atom stereocenters. The van der Waals surface area contributed by atoms with E-state index in [-0.39, 0.29) is 0 Å². The first-order valence-electron chi connectivity index (χ1n) is 1.37. The zero-order chi connectivity index (χ0) is 6.28. The second kappa shape index (κ2) is 9.46. The van der Waals surface area contributed by atoms with Gasteiger partial charge in [0, 0.05) is 6.92 Å². The van der Waals surface area contributed by atoms with Crippen LogP contribution in [0, 0.1) is 0 Å². The van der Waals surface area contributed by atoms with Crippen molar-refractivity contribution in [2.75, 3.05) is 0 Å². The molecule has 0 aliphatic rings. The minimum atomic E-state index is -0.833. The van der Waals surface area contributed by atoms with E-state index >= 15 is 0 Å². The van der Waals surface area contributed by atoms with Crippen LogP contribution in [-0.4, -0.2) is 11.1 Å². The summed E-state index contributed by atoms with van der Waals surface area (Å²) in [4.78, 5) is 9.00. The fourth-order valence-electron chi connectivity index (χ4n) is 0. The number of nitrogens with one attached hydrogen (secondary N) is 1. The second-order valence-corrected chi connectivity index (χ2v) is 1.42. The Morgan fingerprint density at radius 3 is 1.71 bits per heavy atom.